The van der Waals surface area contributed by atoms with E-state index in [9.17, 15) is 14.4 Å². The number of benzene rings is 1. The first-order valence-electron chi connectivity index (χ1n) is 9.10. The lowest BCUT2D eigenvalue weighted by molar-refractivity contribution is -0.137. The van der Waals surface area contributed by atoms with Crippen LogP contribution >= 0.6 is 0 Å². The number of carbonyl (C=O) groups excluding carboxylic acids is 2. The number of aryl methyl sites for hydroxylation is 1. The number of aliphatic carboxylic acids is 1. The van der Waals surface area contributed by atoms with Gasteiger partial charge < -0.3 is 20.7 Å². The van der Waals surface area contributed by atoms with Crippen LogP contribution in [0.15, 0.2) is 18.2 Å². The zero-order chi connectivity index (χ0) is 19.4. The average Bonchev–Trinajstić information content (AvgIpc) is 3.19. The fourth-order valence-corrected chi connectivity index (χ4v) is 3.50. The molecule has 4 N–H and O–H groups in total. The number of hydrogen-bond acceptors (Lipinski definition) is 4. The van der Waals surface area contributed by atoms with Crippen LogP contribution in [0.25, 0.3) is 11.0 Å². The second-order valence-corrected chi connectivity index (χ2v) is 7.20. The lowest BCUT2D eigenvalue weighted by atomic mass is 9.86. The summed E-state index contributed by atoms with van der Waals surface area (Å²) in [5.74, 6) is -0.459. The van der Waals surface area contributed by atoms with Crippen molar-refractivity contribution in [1.29, 1.82) is 0 Å². The first kappa shape index (κ1) is 18.9. The Morgan fingerprint density at radius 2 is 2.07 bits per heavy atom. The van der Waals surface area contributed by atoms with E-state index < -0.39 is 11.5 Å². The van der Waals surface area contributed by atoms with E-state index in [2.05, 4.69) is 20.6 Å². The lowest BCUT2D eigenvalue weighted by Crippen LogP contribution is -2.43. The Kier molecular flexibility index (Phi) is 5.43. The van der Waals surface area contributed by atoms with E-state index >= 15 is 0 Å². The molecule has 1 fully saturated rings. The molecule has 0 saturated carbocycles. The predicted octanol–water partition coefficient (Wildman–Crippen LogP) is 1.78. The van der Waals surface area contributed by atoms with Gasteiger partial charge in [-0.2, -0.15) is 0 Å². The third-order valence-electron chi connectivity index (χ3n) is 5.02. The largest absolute Gasteiger partial charge is 0.481 e. The number of fused-ring (bicyclic) bond motifs is 1. The number of carbonyl (C=O) groups is 3. The molecule has 1 saturated heterocycles. The van der Waals surface area contributed by atoms with Crippen LogP contribution in [0.3, 0.4) is 0 Å². The van der Waals surface area contributed by atoms with E-state index in [0.29, 0.717) is 38.1 Å². The van der Waals surface area contributed by atoms with Crippen LogP contribution in [-0.2, 0) is 20.9 Å². The molecule has 0 bridgehead atoms. The van der Waals surface area contributed by atoms with Gasteiger partial charge in [-0.3, -0.25) is 14.4 Å². The third-order valence-corrected chi connectivity index (χ3v) is 5.02. The number of rotatable bonds is 8. The Balaban J connectivity index is 1.53. The van der Waals surface area contributed by atoms with Gasteiger partial charge in [0.2, 0.25) is 11.8 Å². The molecular formula is C19H24N4O4. The maximum atomic E-state index is 12.2. The summed E-state index contributed by atoms with van der Waals surface area (Å²) in [4.78, 5) is 42.3. The Morgan fingerprint density at radius 1 is 1.30 bits per heavy atom. The van der Waals surface area contributed by atoms with Crippen LogP contribution < -0.4 is 10.6 Å². The number of amides is 2. The van der Waals surface area contributed by atoms with Crippen molar-refractivity contribution in [1.82, 2.24) is 20.6 Å². The molecule has 0 unspecified atom stereocenters. The van der Waals surface area contributed by atoms with Gasteiger partial charge in [0.15, 0.2) is 0 Å². The van der Waals surface area contributed by atoms with Crippen molar-refractivity contribution < 1.29 is 19.5 Å². The number of carboxylic acid groups (broad SMARTS) is 1. The maximum absolute atomic E-state index is 12.2. The van der Waals surface area contributed by atoms with Gasteiger partial charge in [0.25, 0.3) is 0 Å². The van der Waals surface area contributed by atoms with Crippen molar-refractivity contribution in [3.8, 4) is 0 Å². The van der Waals surface area contributed by atoms with Gasteiger partial charge in [0.1, 0.15) is 5.82 Å². The molecular weight excluding hydrogens is 348 g/mol. The highest BCUT2D eigenvalue weighted by atomic mass is 16.4. The fourth-order valence-electron chi connectivity index (χ4n) is 3.50. The number of hydrogen-bond donors (Lipinski definition) is 4. The Hall–Kier alpha value is -2.90. The highest BCUT2D eigenvalue weighted by Crippen LogP contribution is 2.30. The predicted molar refractivity (Wildman–Crippen MR) is 98.9 cm³/mol. The standard InChI is InChI=1S/C19H24N4O4/c1-12-2-3-13-14(10-12)22-15(21-13)11-20-16(24)4-7-19(9-6-18(26)27)8-5-17(25)23-19/h2-3,10H,4-9,11H2,1H3,(H,20,24)(H,21,22)(H,23,25)(H,26,27)/t19-/m1/s1. The molecule has 27 heavy (non-hydrogen) atoms. The summed E-state index contributed by atoms with van der Waals surface area (Å²) in [6, 6.07) is 5.92. The number of aromatic nitrogens is 2. The molecule has 1 aliphatic rings. The SMILES string of the molecule is Cc1ccc2nc(CNC(=O)CC[C@]3(CCC(=O)O)CCC(=O)N3)[nH]c2c1. The minimum atomic E-state index is -0.903. The Bertz CT molecular complexity index is 876. The van der Waals surface area contributed by atoms with Gasteiger partial charge in [-0.15, -0.1) is 0 Å². The molecule has 1 atom stereocenters. The summed E-state index contributed by atoms with van der Waals surface area (Å²) in [5, 5.41) is 14.6. The molecule has 0 radical (unpaired) electrons. The first-order valence-corrected chi connectivity index (χ1v) is 9.10. The van der Waals surface area contributed by atoms with Crippen molar-refractivity contribution in [2.75, 3.05) is 0 Å². The van der Waals surface area contributed by atoms with Crippen molar-refractivity contribution >= 4 is 28.8 Å². The van der Waals surface area contributed by atoms with Crippen LogP contribution in [-0.4, -0.2) is 38.4 Å². The number of nitrogens with one attached hydrogen (secondary N) is 3. The number of H-pyrrole nitrogens is 1. The molecule has 1 aromatic carbocycles. The number of nitrogens with zero attached hydrogens (tertiary/aromatic N) is 1. The summed E-state index contributed by atoms with van der Waals surface area (Å²) >= 11 is 0. The Morgan fingerprint density at radius 3 is 2.78 bits per heavy atom. The minimum Gasteiger partial charge on any atom is -0.481 e. The van der Waals surface area contributed by atoms with Gasteiger partial charge in [-0.1, -0.05) is 6.07 Å². The summed E-state index contributed by atoms with van der Waals surface area (Å²) in [6.07, 6.45) is 1.90. The molecule has 8 nitrogen and oxygen atoms in total. The first-order chi connectivity index (χ1) is 12.8. The quantitative estimate of drug-likeness (QED) is 0.562. The normalized spacial score (nSPS) is 19.2. The number of imidazole rings is 1. The van der Waals surface area contributed by atoms with Gasteiger partial charge in [0, 0.05) is 24.8 Å². The number of aromatic amines is 1. The van der Waals surface area contributed by atoms with Crippen LogP contribution in [0.4, 0.5) is 0 Å². The van der Waals surface area contributed by atoms with Crippen molar-refractivity contribution in [3.05, 3.63) is 29.6 Å². The highest BCUT2D eigenvalue weighted by Gasteiger charge is 2.37. The molecule has 0 spiro atoms. The molecule has 8 heteroatoms. The molecule has 2 aromatic rings. The van der Waals surface area contributed by atoms with Crippen LogP contribution in [0, 0.1) is 6.92 Å². The van der Waals surface area contributed by atoms with Crippen LogP contribution in [0.5, 0.6) is 0 Å². The monoisotopic (exact) mass is 372 g/mol. The minimum absolute atomic E-state index is 0.0275. The summed E-state index contributed by atoms with van der Waals surface area (Å²) in [7, 11) is 0. The van der Waals surface area contributed by atoms with Gasteiger partial charge in [0.05, 0.1) is 17.6 Å². The van der Waals surface area contributed by atoms with Crippen LogP contribution in [0.2, 0.25) is 0 Å². The molecule has 3 rings (SSSR count). The van der Waals surface area contributed by atoms with Crippen LogP contribution in [0.1, 0.15) is 49.9 Å². The van der Waals surface area contributed by atoms with E-state index in [0.717, 1.165) is 16.6 Å². The summed E-state index contributed by atoms with van der Waals surface area (Å²) in [5.41, 5.74) is 2.32. The molecule has 144 valence electrons. The van der Waals surface area contributed by atoms with E-state index in [1.165, 1.54) is 0 Å². The average molecular weight is 372 g/mol. The second-order valence-electron chi connectivity index (χ2n) is 7.20. The maximum Gasteiger partial charge on any atom is 0.303 e. The highest BCUT2D eigenvalue weighted by molar-refractivity contribution is 5.80. The number of carboxylic acids is 1. The van der Waals surface area contributed by atoms with Gasteiger partial charge >= 0.3 is 5.97 Å². The fraction of sp³-hybridized carbons (Fsp3) is 0.474. The van der Waals surface area contributed by atoms with Gasteiger partial charge in [-0.05, 0) is 43.9 Å². The zero-order valence-electron chi connectivity index (χ0n) is 15.3. The lowest BCUT2D eigenvalue weighted by Gasteiger charge is -2.28. The molecule has 2 heterocycles. The van der Waals surface area contributed by atoms with Crippen molar-refractivity contribution in [3.63, 3.8) is 0 Å². The van der Waals surface area contributed by atoms with E-state index in [1.807, 2.05) is 25.1 Å². The van der Waals surface area contributed by atoms with E-state index in [1.54, 1.807) is 0 Å². The summed E-state index contributed by atoms with van der Waals surface area (Å²) in [6.45, 7) is 2.30. The van der Waals surface area contributed by atoms with Gasteiger partial charge in [-0.25, -0.2) is 4.98 Å². The molecule has 2 amide bonds. The topological polar surface area (TPSA) is 124 Å². The summed E-state index contributed by atoms with van der Waals surface area (Å²) < 4.78 is 0. The van der Waals surface area contributed by atoms with Crippen molar-refractivity contribution in [2.24, 2.45) is 0 Å². The zero-order valence-corrected chi connectivity index (χ0v) is 15.3. The third kappa shape index (κ3) is 4.84. The Labute approximate surface area is 156 Å². The smallest absolute Gasteiger partial charge is 0.303 e. The molecule has 1 aromatic heterocycles. The van der Waals surface area contributed by atoms with E-state index in [4.69, 9.17) is 5.11 Å². The second kappa shape index (κ2) is 7.77. The van der Waals surface area contributed by atoms with E-state index in [-0.39, 0.29) is 24.7 Å². The molecule has 0 aliphatic carbocycles. The molecule has 1 aliphatic heterocycles. The van der Waals surface area contributed by atoms with Crippen molar-refractivity contribution in [2.45, 2.75) is 57.5 Å².